The van der Waals surface area contributed by atoms with Crippen LogP contribution in [0.25, 0.3) is 11.4 Å². The van der Waals surface area contributed by atoms with Crippen molar-refractivity contribution in [3.8, 4) is 23.2 Å². The standard InChI is InChI=1S/C21H18N4O3/c1-27-18-7-3-2-5-16(18)19-23-20(28-24-19)17-6-4-12-25(17)21(26)15-10-8-14(13-22)9-11-15/h2-3,5,7-11,17H,4,6,12H2,1H3. The van der Waals surface area contributed by atoms with Crippen molar-refractivity contribution >= 4 is 5.91 Å². The summed E-state index contributed by atoms with van der Waals surface area (Å²) < 4.78 is 10.9. The molecular weight excluding hydrogens is 356 g/mol. The maximum absolute atomic E-state index is 12.9. The smallest absolute Gasteiger partial charge is 0.254 e. The van der Waals surface area contributed by atoms with Crippen molar-refractivity contribution in [2.75, 3.05) is 13.7 Å². The number of nitriles is 1. The Morgan fingerprint density at radius 3 is 2.79 bits per heavy atom. The van der Waals surface area contributed by atoms with E-state index >= 15 is 0 Å². The first-order valence-electron chi connectivity index (χ1n) is 8.99. The van der Waals surface area contributed by atoms with Crippen LogP contribution in [0.3, 0.4) is 0 Å². The number of carbonyl (C=O) groups excluding carboxylic acids is 1. The minimum atomic E-state index is -0.265. The molecule has 1 amide bonds. The number of nitrogens with zero attached hydrogens (tertiary/aromatic N) is 4. The van der Waals surface area contributed by atoms with Crippen molar-refractivity contribution in [3.05, 3.63) is 65.5 Å². The summed E-state index contributed by atoms with van der Waals surface area (Å²) in [6, 6.07) is 15.9. The van der Waals surface area contributed by atoms with E-state index in [9.17, 15) is 4.79 Å². The van der Waals surface area contributed by atoms with Crippen LogP contribution < -0.4 is 4.74 Å². The number of para-hydroxylation sites is 1. The molecule has 140 valence electrons. The average Bonchev–Trinajstić information content (AvgIpc) is 3.42. The molecule has 3 aromatic rings. The second kappa shape index (κ2) is 7.53. The number of rotatable bonds is 4. The third-order valence-corrected chi connectivity index (χ3v) is 4.85. The lowest BCUT2D eigenvalue weighted by Crippen LogP contribution is -2.30. The monoisotopic (exact) mass is 374 g/mol. The molecule has 7 nitrogen and oxygen atoms in total. The number of hydrogen-bond acceptors (Lipinski definition) is 6. The lowest BCUT2D eigenvalue weighted by molar-refractivity contribution is 0.0710. The number of hydrogen-bond donors (Lipinski definition) is 0. The summed E-state index contributed by atoms with van der Waals surface area (Å²) in [6.45, 7) is 0.621. The van der Waals surface area contributed by atoms with Crippen LogP contribution in [0.1, 0.15) is 40.7 Å². The molecule has 0 spiro atoms. The van der Waals surface area contributed by atoms with Crippen LogP contribution in [0.5, 0.6) is 5.75 Å². The number of ether oxygens (including phenoxy) is 1. The second-order valence-electron chi connectivity index (χ2n) is 6.50. The molecule has 0 N–H and O–H groups in total. The zero-order valence-corrected chi connectivity index (χ0v) is 15.3. The van der Waals surface area contributed by atoms with E-state index in [1.54, 1.807) is 36.3 Å². The minimum absolute atomic E-state index is 0.107. The van der Waals surface area contributed by atoms with Crippen LogP contribution in [0.2, 0.25) is 0 Å². The highest BCUT2D eigenvalue weighted by molar-refractivity contribution is 5.94. The molecule has 0 radical (unpaired) electrons. The Hall–Kier alpha value is -3.66. The summed E-state index contributed by atoms with van der Waals surface area (Å²) in [5.41, 5.74) is 1.80. The number of carbonyl (C=O) groups is 1. The Morgan fingerprint density at radius 2 is 2.04 bits per heavy atom. The van der Waals surface area contributed by atoms with Crippen molar-refractivity contribution in [3.63, 3.8) is 0 Å². The van der Waals surface area contributed by atoms with E-state index in [0.29, 0.717) is 35.1 Å². The Morgan fingerprint density at radius 1 is 1.25 bits per heavy atom. The fourth-order valence-corrected chi connectivity index (χ4v) is 3.43. The van der Waals surface area contributed by atoms with Crippen LogP contribution in [-0.2, 0) is 0 Å². The van der Waals surface area contributed by atoms with Gasteiger partial charge in [0.2, 0.25) is 11.7 Å². The van der Waals surface area contributed by atoms with Gasteiger partial charge >= 0.3 is 0 Å². The number of aromatic nitrogens is 2. The summed E-state index contributed by atoms with van der Waals surface area (Å²) >= 11 is 0. The lowest BCUT2D eigenvalue weighted by atomic mass is 10.1. The van der Waals surface area contributed by atoms with Crippen molar-refractivity contribution < 1.29 is 14.1 Å². The maximum Gasteiger partial charge on any atom is 0.254 e. The molecule has 1 fully saturated rings. The van der Waals surface area contributed by atoms with E-state index in [0.717, 1.165) is 18.4 Å². The third kappa shape index (κ3) is 3.21. The van der Waals surface area contributed by atoms with Gasteiger partial charge in [-0.1, -0.05) is 17.3 Å². The van der Waals surface area contributed by atoms with E-state index < -0.39 is 0 Å². The van der Waals surface area contributed by atoms with Crippen molar-refractivity contribution in [2.45, 2.75) is 18.9 Å². The number of methoxy groups -OCH3 is 1. The Balaban J connectivity index is 1.59. The number of benzene rings is 2. The Kier molecular flexibility index (Phi) is 4.77. The van der Waals surface area contributed by atoms with Crippen LogP contribution in [0.15, 0.2) is 53.1 Å². The summed E-state index contributed by atoms with van der Waals surface area (Å²) in [5.74, 6) is 1.40. The minimum Gasteiger partial charge on any atom is -0.496 e. The molecular formula is C21H18N4O3. The normalized spacial score (nSPS) is 16.0. The molecule has 2 aromatic carbocycles. The number of amides is 1. The van der Waals surface area contributed by atoms with Gasteiger partial charge in [0.25, 0.3) is 5.91 Å². The zero-order chi connectivity index (χ0) is 19.5. The highest BCUT2D eigenvalue weighted by Gasteiger charge is 2.34. The average molecular weight is 374 g/mol. The molecule has 1 aromatic heterocycles. The second-order valence-corrected chi connectivity index (χ2v) is 6.50. The topological polar surface area (TPSA) is 92.3 Å². The van der Waals surface area contributed by atoms with Crippen molar-refractivity contribution in [1.29, 1.82) is 5.26 Å². The van der Waals surface area contributed by atoms with Gasteiger partial charge in [0.1, 0.15) is 11.8 Å². The predicted octanol–water partition coefficient (Wildman–Crippen LogP) is 3.59. The van der Waals surface area contributed by atoms with Crippen LogP contribution in [0, 0.1) is 11.3 Å². The number of likely N-dealkylation sites (tertiary alicyclic amines) is 1. The van der Waals surface area contributed by atoms with Crippen molar-refractivity contribution in [1.82, 2.24) is 15.0 Å². The van der Waals surface area contributed by atoms with Gasteiger partial charge in [-0.3, -0.25) is 4.79 Å². The lowest BCUT2D eigenvalue weighted by Gasteiger charge is -2.21. The van der Waals surface area contributed by atoms with Gasteiger partial charge in [0.05, 0.1) is 24.3 Å². The highest BCUT2D eigenvalue weighted by atomic mass is 16.5. The molecule has 1 aliphatic heterocycles. The third-order valence-electron chi connectivity index (χ3n) is 4.85. The first kappa shape index (κ1) is 17.7. The quantitative estimate of drug-likeness (QED) is 0.693. The molecule has 0 bridgehead atoms. The van der Waals surface area contributed by atoms with Gasteiger partial charge in [-0.05, 0) is 49.2 Å². The van der Waals surface area contributed by atoms with E-state index in [1.807, 2.05) is 24.3 Å². The first-order valence-corrected chi connectivity index (χ1v) is 8.99. The SMILES string of the molecule is COc1ccccc1-c1noc(C2CCCN2C(=O)c2ccc(C#N)cc2)n1. The van der Waals surface area contributed by atoms with Gasteiger partial charge in [-0.25, -0.2) is 0 Å². The molecule has 2 heterocycles. The molecule has 1 unspecified atom stereocenters. The maximum atomic E-state index is 12.9. The van der Waals surface area contributed by atoms with Gasteiger partial charge in [-0.2, -0.15) is 10.2 Å². The molecule has 0 saturated carbocycles. The Labute approximate surface area is 162 Å². The largest absolute Gasteiger partial charge is 0.496 e. The summed E-state index contributed by atoms with van der Waals surface area (Å²) in [4.78, 5) is 19.2. The van der Waals surface area contributed by atoms with Crippen LogP contribution in [0.4, 0.5) is 0 Å². The molecule has 4 rings (SSSR count). The first-order chi connectivity index (χ1) is 13.7. The fraction of sp³-hybridized carbons (Fsp3) is 0.238. The molecule has 7 heteroatoms. The molecule has 1 aliphatic rings. The Bertz CT molecular complexity index is 1040. The van der Waals surface area contributed by atoms with E-state index in [4.69, 9.17) is 14.5 Å². The van der Waals surface area contributed by atoms with E-state index in [1.165, 1.54) is 0 Å². The molecule has 1 atom stereocenters. The molecule has 28 heavy (non-hydrogen) atoms. The fourth-order valence-electron chi connectivity index (χ4n) is 3.43. The summed E-state index contributed by atoms with van der Waals surface area (Å²) in [7, 11) is 1.59. The van der Waals surface area contributed by atoms with Gasteiger partial charge in [0, 0.05) is 12.1 Å². The summed E-state index contributed by atoms with van der Waals surface area (Å²) in [6.07, 6.45) is 1.62. The van der Waals surface area contributed by atoms with E-state index in [-0.39, 0.29) is 11.9 Å². The molecule has 1 saturated heterocycles. The summed E-state index contributed by atoms with van der Waals surface area (Å²) in [5, 5.41) is 13.0. The van der Waals surface area contributed by atoms with E-state index in [2.05, 4.69) is 16.2 Å². The zero-order valence-electron chi connectivity index (χ0n) is 15.3. The molecule has 0 aliphatic carbocycles. The van der Waals surface area contributed by atoms with Gasteiger partial charge < -0.3 is 14.2 Å². The van der Waals surface area contributed by atoms with Crippen LogP contribution in [-0.4, -0.2) is 34.6 Å². The van der Waals surface area contributed by atoms with Crippen LogP contribution >= 0.6 is 0 Å². The highest BCUT2D eigenvalue weighted by Crippen LogP contribution is 2.34. The van der Waals surface area contributed by atoms with Gasteiger partial charge in [-0.15, -0.1) is 0 Å². The van der Waals surface area contributed by atoms with Gasteiger partial charge in [0.15, 0.2) is 0 Å². The predicted molar refractivity (Wildman–Crippen MR) is 100 cm³/mol. The van der Waals surface area contributed by atoms with Crippen molar-refractivity contribution in [2.24, 2.45) is 0 Å².